The van der Waals surface area contributed by atoms with E-state index in [0.717, 1.165) is 5.56 Å². The molecular weight excluding hydrogens is 178 g/mol. The van der Waals surface area contributed by atoms with Gasteiger partial charge < -0.3 is 5.73 Å². The number of tetrazole rings is 1. The second-order valence-corrected chi connectivity index (χ2v) is 3.08. The molecule has 72 valence electrons. The van der Waals surface area contributed by atoms with E-state index in [4.69, 9.17) is 5.73 Å². The third-order valence-electron chi connectivity index (χ3n) is 1.92. The van der Waals surface area contributed by atoms with Gasteiger partial charge in [-0.3, -0.25) is 0 Å². The number of hydrogen-bond acceptors (Lipinski definition) is 3. The van der Waals surface area contributed by atoms with Crippen molar-refractivity contribution < 1.29 is 4.68 Å². The van der Waals surface area contributed by atoms with Crippen LogP contribution in [0.1, 0.15) is 5.56 Å². The van der Waals surface area contributed by atoms with Crippen LogP contribution in [0.2, 0.25) is 0 Å². The number of rotatable bonds is 2. The summed E-state index contributed by atoms with van der Waals surface area (Å²) in [7, 11) is 1.75. The minimum Gasteiger partial charge on any atom is -0.304 e. The summed E-state index contributed by atoms with van der Waals surface area (Å²) in [4.78, 5) is 1.46. The number of anilines is 1. The molecule has 2 aromatic rings. The lowest BCUT2D eigenvalue weighted by Gasteiger charge is -1.96. The molecule has 0 unspecified atom stereocenters. The quantitative estimate of drug-likeness (QED) is 0.663. The van der Waals surface area contributed by atoms with Gasteiger partial charge in [-0.25, -0.2) is 0 Å². The Bertz CT molecular complexity index is 420. The second-order valence-electron chi connectivity index (χ2n) is 3.08. The summed E-state index contributed by atoms with van der Waals surface area (Å²) >= 11 is 0. The summed E-state index contributed by atoms with van der Waals surface area (Å²) in [5.41, 5.74) is 6.81. The van der Waals surface area contributed by atoms with E-state index in [0.29, 0.717) is 12.5 Å². The zero-order valence-electron chi connectivity index (χ0n) is 7.96. The Balaban J connectivity index is 2.23. The van der Waals surface area contributed by atoms with E-state index in [1.807, 2.05) is 30.3 Å². The maximum absolute atomic E-state index is 5.66. The Labute approximate surface area is 81.8 Å². The summed E-state index contributed by atoms with van der Waals surface area (Å²) in [5, 5.41) is 8.06. The first-order chi connectivity index (χ1) is 6.75. The second kappa shape index (κ2) is 3.45. The fourth-order valence-electron chi connectivity index (χ4n) is 1.29. The SMILES string of the molecule is Cn1nc(N)[n+](Cc2ccccc2)n1. The predicted molar refractivity (Wildman–Crippen MR) is 51.2 cm³/mol. The Morgan fingerprint density at radius 3 is 2.64 bits per heavy atom. The van der Waals surface area contributed by atoms with Crippen molar-refractivity contribution in [3.63, 3.8) is 0 Å². The van der Waals surface area contributed by atoms with Crippen LogP contribution in [0.5, 0.6) is 0 Å². The lowest BCUT2D eigenvalue weighted by molar-refractivity contribution is -0.734. The van der Waals surface area contributed by atoms with Gasteiger partial charge in [-0.2, -0.15) is 0 Å². The summed E-state index contributed by atoms with van der Waals surface area (Å²) in [6.07, 6.45) is 0. The molecule has 5 heteroatoms. The fraction of sp³-hybridized carbons (Fsp3) is 0.222. The highest BCUT2D eigenvalue weighted by Crippen LogP contribution is 1.97. The normalized spacial score (nSPS) is 10.4. The van der Waals surface area contributed by atoms with Crippen molar-refractivity contribution in [2.45, 2.75) is 6.54 Å². The van der Waals surface area contributed by atoms with E-state index in [1.165, 1.54) is 4.80 Å². The molecule has 0 aliphatic carbocycles. The van der Waals surface area contributed by atoms with Crippen LogP contribution in [0.4, 0.5) is 5.95 Å². The van der Waals surface area contributed by atoms with Crippen molar-refractivity contribution in [1.82, 2.24) is 15.1 Å². The predicted octanol–water partition coefficient (Wildman–Crippen LogP) is -0.267. The summed E-state index contributed by atoms with van der Waals surface area (Å²) in [6, 6.07) is 10.0. The maximum atomic E-state index is 5.66. The first-order valence-corrected chi connectivity index (χ1v) is 4.36. The number of aryl methyl sites for hydroxylation is 1. The van der Waals surface area contributed by atoms with Crippen molar-refractivity contribution in [2.24, 2.45) is 7.05 Å². The lowest BCUT2D eigenvalue weighted by Crippen LogP contribution is -2.39. The van der Waals surface area contributed by atoms with Crippen LogP contribution < -0.4 is 10.4 Å². The molecule has 0 saturated heterocycles. The summed E-state index contributed by atoms with van der Waals surface area (Å²) < 4.78 is 1.66. The Hall–Kier alpha value is -1.91. The molecule has 0 bridgehead atoms. The molecule has 0 aliphatic rings. The molecule has 0 atom stereocenters. The van der Waals surface area contributed by atoms with Crippen LogP contribution in [-0.2, 0) is 13.6 Å². The van der Waals surface area contributed by atoms with Gasteiger partial charge in [-0.1, -0.05) is 35.1 Å². The zero-order valence-corrected chi connectivity index (χ0v) is 7.96. The third kappa shape index (κ3) is 1.71. The van der Waals surface area contributed by atoms with Crippen molar-refractivity contribution in [3.05, 3.63) is 35.9 Å². The highest BCUT2D eigenvalue weighted by molar-refractivity contribution is 5.13. The van der Waals surface area contributed by atoms with Gasteiger partial charge in [0, 0.05) is 5.21 Å². The van der Waals surface area contributed by atoms with Gasteiger partial charge >= 0.3 is 5.95 Å². The van der Waals surface area contributed by atoms with Crippen LogP contribution >= 0.6 is 0 Å². The van der Waals surface area contributed by atoms with E-state index in [2.05, 4.69) is 10.3 Å². The average Bonchev–Trinajstić information content (AvgIpc) is 2.47. The summed E-state index contributed by atoms with van der Waals surface area (Å²) in [6.45, 7) is 0.653. The first kappa shape index (κ1) is 8.68. The van der Waals surface area contributed by atoms with E-state index in [9.17, 15) is 0 Å². The molecular formula is C9H12N5+. The molecule has 5 nitrogen and oxygen atoms in total. The molecule has 0 saturated carbocycles. The van der Waals surface area contributed by atoms with Gasteiger partial charge in [0.1, 0.15) is 13.6 Å². The van der Waals surface area contributed by atoms with Crippen LogP contribution in [0.25, 0.3) is 0 Å². The van der Waals surface area contributed by atoms with Crippen molar-refractivity contribution in [3.8, 4) is 0 Å². The van der Waals surface area contributed by atoms with Gasteiger partial charge in [-0.05, 0) is 5.56 Å². The number of benzene rings is 1. The molecule has 1 aromatic carbocycles. The lowest BCUT2D eigenvalue weighted by atomic mass is 10.2. The van der Waals surface area contributed by atoms with E-state index >= 15 is 0 Å². The zero-order chi connectivity index (χ0) is 9.97. The van der Waals surface area contributed by atoms with Gasteiger partial charge in [0.2, 0.25) is 0 Å². The topological polar surface area (TPSA) is 60.6 Å². The average molecular weight is 190 g/mol. The number of nitrogens with two attached hydrogens (primary N) is 1. The fourth-order valence-corrected chi connectivity index (χ4v) is 1.29. The minimum absolute atomic E-state index is 0.427. The highest BCUT2D eigenvalue weighted by Gasteiger charge is 2.11. The van der Waals surface area contributed by atoms with Gasteiger partial charge in [-0.15, -0.1) is 4.68 Å². The molecule has 0 aliphatic heterocycles. The molecule has 0 fully saturated rings. The molecule has 0 amide bonds. The van der Waals surface area contributed by atoms with E-state index < -0.39 is 0 Å². The molecule has 14 heavy (non-hydrogen) atoms. The number of aromatic nitrogens is 4. The number of hydrogen-bond donors (Lipinski definition) is 1. The van der Waals surface area contributed by atoms with Crippen molar-refractivity contribution >= 4 is 5.95 Å². The Kier molecular flexibility index (Phi) is 2.14. The molecule has 1 heterocycles. The van der Waals surface area contributed by atoms with Crippen LogP contribution in [-0.4, -0.2) is 15.1 Å². The first-order valence-electron chi connectivity index (χ1n) is 4.36. The summed E-state index contributed by atoms with van der Waals surface area (Å²) in [5.74, 6) is 0.427. The van der Waals surface area contributed by atoms with Crippen LogP contribution in [0, 0.1) is 0 Å². The third-order valence-corrected chi connectivity index (χ3v) is 1.92. The highest BCUT2D eigenvalue weighted by atomic mass is 15.6. The Morgan fingerprint density at radius 1 is 1.36 bits per heavy atom. The number of nitrogen functional groups attached to an aromatic ring is 1. The van der Waals surface area contributed by atoms with Gasteiger partial charge in [0.15, 0.2) is 0 Å². The van der Waals surface area contributed by atoms with Gasteiger partial charge in [0.05, 0.1) is 5.10 Å². The molecule has 0 spiro atoms. The van der Waals surface area contributed by atoms with E-state index in [-0.39, 0.29) is 0 Å². The van der Waals surface area contributed by atoms with Crippen LogP contribution in [0.15, 0.2) is 30.3 Å². The minimum atomic E-state index is 0.427. The monoisotopic (exact) mass is 190 g/mol. The standard InChI is InChI=1S/C9H12N5/c1-13-11-9(10)14(12-13)7-8-5-3-2-4-6-8/h2-6H,7H2,1H3,(H2,10,11,12)/q+1. The molecule has 2 N–H and O–H groups in total. The van der Waals surface area contributed by atoms with E-state index in [1.54, 1.807) is 11.7 Å². The van der Waals surface area contributed by atoms with Gasteiger partial charge in [0.25, 0.3) is 0 Å². The maximum Gasteiger partial charge on any atom is 0.396 e. The number of nitrogens with zero attached hydrogens (tertiary/aromatic N) is 4. The van der Waals surface area contributed by atoms with Crippen molar-refractivity contribution in [2.75, 3.05) is 5.73 Å². The smallest absolute Gasteiger partial charge is 0.304 e. The largest absolute Gasteiger partial charge is 0.396 e. The van der Waals surface area contributed by atoms with Crippen LogP contribution in [0.3, 0.4) is 0 Å². The van der Waals surface area contributed by atoms with Crippen molar-refractivity contribution in [1.29, 1.82) is 0 Å². The molecule has 2 rings (SSSR count). The molecule has 0 radical (unpaired) electrons. The Morgan fingerprint density at radius 2 is 2.07 bits per heavy atom. The molecule has 1 aromatic heterocycles.